The average Bonchev–Trinajstić information content (AvgIpc) is 3.00. The Hall–Kier alpha value is -3.71. The minimum Gasteiger partial charge on any atom is -0.404 e. The first-order valence-corrected chi connectivity index (χ1v) is 12.3. The number of ether oxygens (including phenoxy) is 2. The Morgan fingerprint density at radius 3 is 2.46 bits per heavy atom. The van der Waals surface area contributed by atoms with E-state index in [0.29, 0.717) is 19.8 Å². The van der Waals surface area contributed by atoms with E-state index in [4.69, 9.17) is 4.74 Å². The van der Waals surface area contributed by atoms with Crippen molar-refractivity contribution in [3.63, 3.8) is 0 Å². The summed E-state index contributed by atoms with van der Waals surface area (Å²) in [6, 6.07) is 6.04. The summed E-state index contributed by atoms with van der Waals surface area (Å²) in [5.41, 5.74) is -1.29. The van der Waals surface area contributed by atoms with E-state index in [9.17, 15) is 27.6 Å². The molecule has 0 aliphatic carbocycles. The van der Waals surface area contributed by atoms with Gasteiger partial charge in [-0.3, -0.25) is 19.5 Å². The molecule has 10 nitrogen and oxygen atoms in total. The first-order chi connectivity index (χ1) is 18.2. The molecule has 0 spiro atoms. The number of aromatic nitrogens is 1. The number of carbonyl (C=O) groups is 3. The van der Waals surface area contributed by atoms with Crippen molar-refractivity contribution in [2.45, 2.75) is 51.7 Å². The van der Waals surface area contributed by atoms with E-state index in [1.54, 1.807) is 38.4 Å². The molecular weight excluding hydrogens is 519 g/mol. The number of hydrogen-bond donors (Lipinski definition) is 1. The van der Waals surface area contributed by atoms with Crippen LogP contribution in [0.3, 0.4) is 0 Å². The predicted octanol–water partition coefficient (Wildman–Crippen LogP) is 3.78. The van der Waals surface area contributed by atoms with Gasteiger partial charge in [-0.2, -0.15) is 0 Å². The molecule has 13 heteroatoms. The Balaban J connectivity index is 1.63. The fourth-order valence-electron chi connectivity index (χ4n) is 4.51. The molecule has 0 bridgehead atoms. The molecule has 0 saturated carbocycles. The number of nitrogens with zero attached hydrogens (tertiary/aromatic N) is 4. The second-order valence-corrected chi connectivity index (χ2v) is 10.5. The largest absolute Gasteiger partial charge is 0.573 e. The third-order valence-electron chi connectivity index (χ3n) is 6.79. The van der Waals surface area contributed by atoms with Crippen molar-refractivity contribution in [3.05, 3.63) is 48.3 Å². The van der Waals surface area contributed by atoms with Gasteiger partial charge >= 0.3 is 12.4 Å². The molecule has 0 atom stereocenters. The standard InChI is InChI=1S/C26H30F3N5O5/c1-24(2)16-38-12-11-32(24)15-21(35)31-19-13-18(5-6-20(19)39-26(27,28)29)34-22(36)25(3,4)33(23(34)37)14-17-7-9-30-10-8-17/h5-10,13H,11-12,14-16H2,1-4H3,(H,31,35). The number of urea groups is 1. The number of nitrogens with one attached hydrogen (secondary N) is 1. The fraction of sp³-hybridized carbons (Fsp3) is 0.462. The summed E-state index contributed by atoms with van der Waals surface area (Å²) < 4.78 is 49.0. The van der Waals surface area contributed by atoms with Crippen molar-refractivity contribution in [1.29, 1.82) is 0 Å². The van der Waals surface area contributed by atoms with Crippen LogP contribution in [-0.2, 0) is 20.9 Å². The first-order valence-electron chi connectivity index (χ1n) is 12.3. The van der Waals surface area contributed by atoms with Gasteiger partial charge in [0.05, 0.1) is 31.1 Å². The number of alkyl halides is 3. The number of morpholine rings is 1. The van der Waals surface area contributed by atoms with Crippen LogP contribution >= 0.6 is 0 Å². The van der Waals surface area contributed by atoms with Crippen LogP contribution in [0, 0.1) is 0 Å². The monoisotopic (exact) mass is 549 g/mol. The molecule has 2 aliphatic rings. The summed E-state index contributed by atoms with van der Waals surface area (Å²) in [7, 11) is 0. The Morgan fingerprint density at radius 2 is 1.82 bits per heavy atom. The smallest absolute Gasteiger partial charge is 0.404 e. The summed E-state index contributed by atoms with van der Waals surface area (Å²) in [4.78, 5) is 47.7. The van der Waals surface area contributed by atoms with E-state index in [0.717, 1.165) is 22.6 Å². The van der Waals surface area contributed by atoms with E-state index in [1.165, 1.54) is 11.0 Å². The lowest BCUT2D eigenvalue weighted by Crippen LogP contribution is -2.55. The highest BCUT2D eigenvalue weighted by molar-refractivity contribution is 6.23. The zero-order valence-corrected chi connectivity index (χ0v) is 22.0. The van der Waals surface area contributed by atoms with Gasteiger partial charge in [0, 0.05) is 31.0 Å². The van der Waals surface area contributed by atoms with Gasteiger partial charge in [-0.15, -0.1) is 13.2 Å². The van der Waals surface area contributed by atoms with Crippen molar-refractivity contribution < 1.29 is 37.0 Å². The lowest BCUT2D eigenvalue weighted by Gasteiger charge is -2.41. The van der Waals surface area contributed by atoms with E-state index in [2.05, 4.69) is 15.0 Å². The van der Waals surface area contributed by atoms with Crippen LogP contribution in [0.1, 0.15) is 33.3 Å². The Bertz CT molecular complexity index is 1250. The van der Waals surface area contributed by atoms with Gasteiger partial charge in [-0.1, -0.05) is 0 Å². The van der Waals surface area contributed by atoms with Gasteiger partial charge in [-0.05, 0) is 63.6 Å². The molecule has 210 valence electrons. The SMILES string of the molecule is CC1(C)COCCN1CC(=O)Nc1cc(N2C(=O)N(Cc3ccncc3)C(C)(C)C2=O)ccc1OC(F)(F)F. The Kier molecular flexibility index (Phi) is 7.59. The van der Waals surface area contributed by atoms with E-state index in [1.807, 2.05) is 18.7 Å². The van der Waals surface area contributed by atoms with Gasteiger partial charge in [0.1, 0.15) is 5.54 Å². The molecule has 1 aromatic heterocycles. The minimum absolute atomic E-state index is 0.00756. The van der Waals surface area contributed by atoms with Crippen molar-refractivity contribution in [2.75, 3.05) is 36.5 Å². The number of imide groups is 1. The van der Waals surface area contributed by atoms with Crippen molar-refractivity contribution in [3.8, 4) is 5.75 Å². The average molecular weight is 550 g/mol. The maximum atomic E-state index is 13.4. The number of rotatable bonds is 7. The Labute approximate surface area is 223 Å². The zero-order chi connectivity index (χ0) is 28.6. The van der Waals surface area contributed by atoms with E-state index >= 15 is 0 Å². The maximum Gasteiger partial charge on any atom is 0.573 e. The van der Waals surface area contributed by atoms with Crippen molar-refractivity contribution in [2.24, 2.45) is 0 Å². The van der Waals surface area contributed by atoms with Crippen LogP contribution in [0.2, 0.25) is 0 Å². The lowest BCUT2D eigenvalue weighted by atomic mass is 10.0. The minimum atomic E-state index is -5.03. The summed E-state index contributed by atoms with van der Waals surface area (Å²) in [5, 5.41) is 2.47. The molecule has 1 aromatic carbocycles. The second kappa shape index (κ2) is 10.5. The highest BCUT2D eigenvalue weighted by Gasteiger charge is 2.52. The van der Waals surface area contributed by atoms with Crippen LogP contribution in [0.25, 0.3) is 0 Å². The first kappa shape index (κ1) is 28.3. The molecule has 0 radical (unpaired) electrons. The lowest BCUT2D eigenvalue weighted by molar-refractivity contribution is -0.274. The number of carbonyl (C=O) groups excluding carboxylic acids is 3. The molecule has 4 rings (SSSR count). The molecule has 0 unspecified atom stereocenters. The van der Waals surface area contributed by atoms with Crippen LogP contribution in [0.4, 0.5) is 29.3 Å². The third kappa shape index (κ3) is 6.14. The Morgan fingerprint density at radius 1 is 1.13 bits per heavy atom. The summed E-state index contributed by atoms with van der Waals surface area (Å²) in [5.74, 6) is -1.83. The van der Waals surface area contributed by atoms with Crippen LogP contribution in [0.5, 0.6) is 5.75 Å². The summed E-state index contributed by atoms with van der Waals surface area (Å²) in [6.07, 6.45) is -1.90. The molecule has 2 aromatic rings. The summed E-state index contributed by atoms with van der Waals surface area (Å²) in [6.45, 7) is 8.23. The molecule has 1 N–H and O–H groups in total. The van der Waals surface area contributed by atoms with Crippen LogP contribution in [0.15, 0.2) is 42.7 Å². The molecular formula is C26H30F3N5O5. The topological polar surface area (TPSA) is 104 Å². The number of pyridine rings is 1. The molecule has 3 heterocycles. The van der Waals surface area contributed by atoms with Crippen LogP contribution < -0.4 is 15.0 Å². The van der Waals surface area contributed by atoms with Crippen molar-refractivity contribution in [1.82, 2.24) is 14.8 Å². The van der Waals surface area contributed by atoms with Crippen molar-refractivity contribution >= 4 is 29.2 Å². The van der Waals surface area contributed by atoms with E-state index < -0.39 is 41.0 Å². The summed E-state index contributed by atoms with van der Waals surface area (Å²) >= 11 is 0. The predicted molar refractivity (Wildman–Crippen MR) is 135 cm³/mol. The number of hydrogen-bond acceptors (Lipinski definition) is 7. The van der Waals surface area contributed by atoms with Gasteiger partial charge < -0.3 is 19.7 Å². The number of anilines is 2. The highest BCUT2D eigenvalue weighted by atomic mass is 19.4. The molecule has 4 amide bonds. The molecule has 2 aliphatic heterocycles. The van der Waals surface area contributed by atoms with Crippen LogP contribution in [-0.4, -0.2) is 76.4 Å². The number of amides is 4. The fourth-order valence-corrected chi connectivity index (χ4v) is 4.51. The normalized spacial score (nSPS) is 19.4. The quantitative estimate of drug-likeness (QED) is 0.525. The van der Waals surface area contributed by atoms with Gasteiger partial charge in [0.25, 0.3) is 5.91 Å². The zero-order valence-electron chi connectivity index (χ0n) is 22.0. The second-order valence-electron chi connectivity index (χ2n) is 10.5. The molecule has 39 heavy (non-hydrogen) atoms. The third-order valence-corrected chi connectivity index (χ3v) is 6.79. The van der Waals surface area contributed by atoms with Gasteiger partial charge in [0.15, 0.2) is 5.75 Å². The number of benzene rings is 1. The van der Waals surface area contributed by atoms with Gasteiger partial charge in [-0.25, -0.2) is 9.69 Å². The number of halogens is 3. The highest BCUT2D eigenvalue weighted by Crippen LogP contribution is 2.38. The molecule has 2 saturated heterocycles. The van der Waals surface area contributed by atoms with Gasteiger partial charge in [0.2, 0.25) is 5.91 Å². The maximum absolute atomic E-state index is 13.4. The molecule has 2 fully saturated rings. The van der Waals surface area contributed by atoms with E-state index in [-0.39, 0.29) is 24.5 Å².